The maximum absolute atomic E-state index is 9.70. The zero-order valence-electron chi connectivity index (χ0n) is 22.1. The number of aromatic nitrogens is 4. The Bertz CT molecular complexity index is 2100. The molecule has 0 amide bonds. The average Bonchev–Trinajstić information content (AvgIpc) is 3.57. The molecule has 0 saturated heterocycles. The first-order chi connectivity index (χ1) is 20.4. The monoisotopic (exact) mass is 616 g/mol. The van der Waals surface area contributed by atoms with Crippen LogP contribution in [0.3, 0.4) is 0 Å². The molecule has 2 aromatic carbocycles. The Kier molecular flexibility index (Phi) is 8.83. The molecule has 4 aromatic rings. The molecule has 216 valence electrons. The van der Waals surface area contributed by atoms with E-state index in [0.717, 1.165) is 27.0 Å². The lowest BCUT2D eigenvalue weighted by atomic mass is 9.98. The lowest BCUT2D eigenvalue weighted by Crippen LogP contribution is -2.00. The summed E-state index contributed by atoms with van der Waals surface area (Å²) in [7, 11) is -3.67. The molecule has 0 saturated carbocycles. The van der Waals surface area contributed by atoms with Gasteiger partial charge >= 0.3 is 0 Å². The van der Waals surface area contributed by atoms with E-state index in [1.807, 2.05) is 12.1 Å². The summed E-state index contributed by atoms with van der Waals surface area (Å²) in [5, 5.41) is 48.1. The zero-order chi connectivity index (χ0) is 31.3. The maximum Gasteiger partial charge on any atom is 0.261 e. The van der Waals surface area contributed by atoms with Crippen LogP contribution in [-0.2, 0) is 10.1 Å². The highest BCUT2D eigenvalue weighted by Crippen LogP contribution is 2.36. The number of nitrogens with zero attached hydrogens (tertiary/aromatic N) is 5. The average molecular weight is 617 g/mol. The Hall–Kier alpha value is -5.60. The Balaban J connectivity index is 0.000000171. The summed E-state index contributed by atoms with van der Waals surface area (Å²) < 4.78 is 26.7. The number of halogens is 1. The molecule has 2 aliphatic rings. The molecule has 14 heteroatoms. The second-order valence-electron chi connectivity index (χ2n) is 8.92. The Labute approximate surface area is 250 Å². The molecule has 43 heavy (non-hydrogen) atoms. The van der Waals surface area contributed by atoms with Crippen LogP contribution in [0.1, 0.15) is 11.1 Å². The first-order valence-corrected chi connectivity index (χ1v) is 14.3. The molecule has 5 N–H and O–H groups in total. The number of phenols is 2. The van der Waals surface area contributed by atoms with E-state index in [9.17, 15) is 23.8 Å². The number of aromatic hydroxyl groups is 2. The van der Waals surface area contributed by atoms with Crippen molar-refractivity contribution in [2.24, 2.45) is 0 Å². The second-order valence-corrected chi connectivity index (χ2v) is 10.8. The van der Waals surface area contributed by atoms with Gasteiger partial charge in [-0.15, -0.1) is 0 Å². The van der Waals surface area contributed by atoms with Gasteiger partial charge in [0.15, 0.2) is 5.82 Å². The van der Waals surface area contributed by atoms with Crippen LogP contribution in [0.2, 0.25) is 5.15 Å². The molecule has 0 atom stereocenters. The molecular formula is C29H21ClN6O6S. The van der Waals surface area contributed by atoms with Crippen LogP contribution in [0, 0.1) is 22.7 Å². The smallest absolute Gasteiger partial charge is 0.261 e. The number of hydrogen-bond donors (Lipinski definition) is 5. The number of nitriles is 2. The molecule has 0 aliphatic carbocycles. The van der Waals surface area contributed by atoms with Gasteiger partial charge in [0.25, 0.3) is 10.1 Å². The van der Waals surface area contributed by atoms with Crippen molar-refractivity contribution in [3.63, 3.8) is 0 Å². The van der Waals surface area contributed by atoms with Crippen molar-refractivity contribution in [2.45, 2.75) is 0 Å². The van der Waals surface area contributed by atoms with Crippen molar-refractivity contribution >= 4 is 32.8 Å². The van der Waals surface area contributed by atoms with Gasteiger partial charge in [-0.2, -0.15) is 23.7 Å². The fraction of sp³-hybridized carbons (Fsp3) is 0.0345. The Morgan fingerprint density at radius 1 is 0.930 bits per heavy atom. The predicted molar refractivity (Wildman–Crippen MR) is 158 cm³/mol. The highest BCUT2D eigenvalue weighted by molar-refractivity contribution is 7.85. The van der Waals surface area contributed by atoms with Crippen LogP contribution in [0.4, 0.5) is 0 Å². The molecule has 0 unspecified atom stereocenters. The lowest BCUT2D eigenvalue weighted by molar-refractivity contribution is 0.187. The summed E-state index contributed by atoms with van der Waals surface area (Å²) in [6, 6.07) is 21.1. The molecule has 0 radical (unpaired) electrons. The second kappa shape index (κ2) is 12.5. The number of benzene rings is 2. The number of H-pyrrole nitrogens is 1. The van der Waals surface area contributed by atoms with E-state index < -0.39 is 10.1 Å². The summed E-state index contributed by atoms with van der Waals surface area (Å²) in [5.74, 6) is 0.620. The minimum absolute atomic E-state index is 0.143. The van der Waals surface area contributed by atoms with Crippen LogP contribution in [0.15, 0.2) is 79.3 Å². The van der Waals surface area contributed by atoms with Gasteiger partial charge in [-0.25, -0.2) is 9.97 Å². The van der Waals surface area contributed by atoms with Crippen LogP contribution >= 0.6 is 11.6 Å². The van der Waals surface area contributed by atoms with Crippen molar-refractivity contribution in [2.75, 3.05) is 6.26 Å². The van der Waals surface area contributed by atoms with Crippen molar-refractivity contribution in [1.29, 1.82) is 10.5 Å². The minimum Gasteiger partial charge on any atom is -0.508 e. The van der Waals surface area contributed by atoms with Crippen LogP contribution < -0.4 is 0 Å². The van der Waals surface area contributed by atoms with Gasteiger partial charge in [-0.05, 0) is 58.7 Å². The fourth-order valence-corrected chi connectivity index (χ4v) is 4.40. The number of pyridine rings is 2. The van der Waals surface area contributed by atoms with Gasteiger partial charge in [0.05, 0.1) is 17.4 Å². The minimum atomic E-state index is -3.67. The SMILES string of the molecule is CS(=O)(=O)O.N#Cc1c[nH]c2nc(Cl)cc(-c3cccc(O)c3)c12.N#Cc1cnc2n(O)ccc(-c3cccc(O)c3)c1-2. The van der Waals surface area contributed by atoms with E-state index in [4.69, 9.17) is 26.7 Å². The van der Waals surface area contributed by atoms with Gasteiger partial charge in [0, 0.05) is 29.5 Å². The third kappa shape index (κ3) is 7.19. The molecule has 6 rings (SSSR count). The topological polar surface area (TPSA) is 209 Å². The molecule has 2 aromatic heterocycles. The number of fused-ring (bicyclic) bond motifs is 2. The summed E-state index contributed by atoms with van der Waals surface area (Å²) in [6.45, 7) is 0. The molecule has 0 bridgehead atoms. The number of nitrogens with one attached hydrogen (secondary N) is 1. The van der Waals surface area contributed by atoms with Gasteiger partial charge in [-0.1, -0.05) is 35.9 Å². The lowest BCUT2D eigenvalue weighted by Gasteiger charge is -2.11. The Morgan fingerprint density at radius 2 is 1.51 bits per heavy atom. The maximum atomic E-state index is 9.70. The molecule has 2 aliphatic heterocycles. The van der Waals surface area contributed by atoms with Crippen LogP contribution in [0.5, 0.6) is 11.5 Å². The Morgan fingerprint density at radius 3 is 2.07 bits per heavy atom. The van der Waals surface area contributed by atoms with Crippen molar-refractivity contribution in [3.05, 3.63) is 95.5 Å². The number of aromatic amines is 1. The standard InChI is InChI=1S/C14H8ClN3O.C14H9N3O2.CH4O3S/c15-12-5-11(8-2-1-3-10(19)4-8)13-9(6-16)7-17-14(13)18-12;15-7-10-8-16-14-13(10)12(4-5-17(14)19)9-2-1-3-11(18)6-9;1-5(2,3)4/h1-5,7,19H,(H,17,18);1-6,8,18-19H;1H3,(H,2,3,4). The molecule has 0 spiro atoms. The molecular weight excluding hydrogens is 596 g/mol. The predicted octanol–water partition coefficient (Wildman–Crippen LogP) is 5.43. The van der Waals surface area contributed by atoms with E-state index in [0.29, 0.717) is 45.0 Å². The number of phenolic OH excluding ortho intramolecular Hbond substituents is 2. The highest BCUT2D eigenvalue weighted by Gasteiger charge is 2.20. The van der Waals surface area contributed by atoms with Crippen molar-refractivity contribution < 1.29 is 28.4 Å². The summed E-state index contributed by atoms with van der Waals surface area (Å²) in [5.41, 5.74) is 5.06. The first-order valence-electron chi connectivity index (χ1n) is 12.1. The summed E-state index contributed by atoms with van der Waals surface area (Å²) in [4.78, 5) is 11.1. The third-order valence-corrected chi connectivity index (χ3v) is 6.04. The van der Waals surface area contributed by atoms with Gasteiger partial charge in [0.2, 0.25) is 0 Å². The first kappa shape index (κ1) is 30.4. The normalized spacial score (nSPS) is 10.6. The third-order valence-electron chi connectivity index (χ3n) is 5.84. The van der Waals surface area contributed by atoms with E-state index in [1.165, 1.54) is 12.4 Å². The summed E-state index contributed by atoms with van der Waals surface area (Å²) in [6.07, 6.45) is 5.19. The van der Waals surface area contributed by atoms with E-state index >= 15 is 0 Å². The quantitative estimate of drug-likeness (QED) is 0.0945. The van der Waals surface area contributed by atoms with Gasteiger partial charge in [-0.3, -0.25) is 4.55 Å². The molecule has 4 heterocycles. The zero-order valence-corrected chi connectivity index (χ0v) is 23.7. The van der Waals surface area contributed by atoms with Crippen molar-refractivity contribution in [1.82, 2.24) is 19.7 Å². The van der Waals surface area contributed by atoms with Crippen molar-refractivity contribution in [3.8, 4) is 57.3 Å². The summed E-state index contributed by atoms with van der Waals surface area (Å²) >= 11 is 5.99. The highest BCUT2D eigenvalue weighted by atomic mass is 35.5. The van der Waals surface area contributed by atoms with E-state index in [-0.39, 0.29) is 11.5 Å². The molecule has 12 nitrogen and oxygen atoms in total. The molecule has 0 fully saturated rings. The van der Waals surface area contributed by atoms with Gasteiger partial charge < -0.3 is 20.4 Å². The number of hydrogen-bond acceptors (Lipinski definition) is 9. The van der Waals surface area contributed by atoms with Crippen LogP contribution in [0.25, 0.3) is 44.7 Å². The number of rotatable bonds is 2. The fourth-order valence-electron chi connectivity index (χ4n) is 4.21. The van der Waals surface area contributed by atoms with E-state index in [1.54, 1.807) is 54.7 Å². The van der Waals surface area contributed by atoms with E-state index in [2.05, 4.69) is 27.1 Å². The van der Waals surface area contributed by atoms with Gasteiger partial charge in [0.1, 0.15) is 34.4 Å². The largest absolute Gasteiger partial charge is 0.508 e. The van der Waals surface area contributed by atoms with Crippen LogP contribution in [-0.4, -0.2) is 54.3 Å².